The summed E-state index contributed by atoms with van der Waals surface area (Å²) in [5, 5.41) is 5.56. The van der Waals surface area contributed by atoms with Crippen LogP contribution in [0.25, 0.3) is 0 Å². The number of hydrogen-bond acceptors (Lipinski definition) is 3. The van der Waals surface area contributed by atoms with Crippen molar-refractivity contribution in [3.05, 3.63) is 24.3 Å². The van der Waals surface area contributed by atoms with E-state index in [0.717, 1.165) is 0 Å². The van der Waals surface area contributed by atoms with Gasteiger partial charge in [-0.25, -0.2) is 4.79 Å². The fourth-order valence-corrected chi connectivity index (χ4v) is 2.20. The van der Waals surface area contributed by atoms with Gasteiger partial charge in [0, 0.05) is 24.8 Å². The third-order valence-corrected chi connectivity index (χ3v) is 3.91. The van der Waals surface area contributed by atoms with Gasteiger partial charge in [0.2, 0.25) is 0 Å². The van der Waals surface area contributed by atoms with E-state index in [2.05, 4.69) is 24.5 Å². The Morgan fingerprint density at radius 1 is 1.12 bits per heavy atom. The quantitative estimate of drug-likeness (QED) is 0.767. The van der Waals surface area contributed by atoms with Gasteiger partial charge in [-0.05, 0) is 51.0 Å². The van der Waals surface area contributed by atoms with Crippen molar-refractivity contribution in [3.63, 3.8) is 0 Å². The molecule has 134 valence electrons. The monoisotopic (exact) mass is 335 g/mol. The maximum atomic E-state index is 12.4. The largest absolute Gasteiger partial charge is 0.484 e. The summed E-state index contributed by atoms with van der Waals surface area (Å²) in [5.74, 6) is 0.819. The topological polar surface area (TPSA) is 70.7 Å². The lowest BCUT2D eigenvalue weighted by molar-refractivity contribution is -0.122. The Morgan fingerprint density at radius 2 is 1.75 bits per heavy atom. The average molecular weight is 335 g/mol. The van der Waals surface area contributed by atoms with Gasteiger partial charge in [-0.3, -0.25) is 4.79 Å². The van der Waals surface area contributed by atoms with Gasteiger partial charge in [0.05, 0.1) is 0 Å². The van der Waals surface area contributed by atoms with Crippen molar-refractivity contribution in [2.75, 3.05) is 25.0 Å². The second-order valence-corrected chi connectivity index (χ2v) is 5.97. The third-order valence-electron chi connectivity index (χ3n) is 3.91. The zero-order valence-corrected chi connectivity index (χ0v) is 15.3. The molecule has 0 heterocycles. The first kappa shape index (κ1) is 19.8. The molecule has 24 heavy (non-hydrogen) atoms. The van der Waals surface area contributed by atoms with Gasteiger partial charge in [-0.1, -0.05) is 13.8 Å². The van der Waals surface area contributed by atoms with E-state index in [0.29, 0.717) is 30.4 Å². The molecular weight excluding hydrogens is 306 g/mol. The molecule has 1 aromatic carbocycles. The number of hydrogen-bond donors (Lipinski definition) is 2. The summed E-state index contributed by atoms with van der Waals surface area (Å²) in [6.45, 7) is 11.3. The molecule has 0 aromatic heterocycles. The highest BCUT2D eigenvalue weighted by Gasteiger charge is 2.20. The first-order valence-electron chi connectivity index (χ1n) is 8.46. The summed E-state index contributed by atoms with van der Waals surface area (Å²) < 4.78 is 5.38. The highest BCUT2D eigenvalue weighted by atomic mass is 16.5. The van der Waals surface area contributed by atoms with Crippen molar-refractivity contribution >= 4 is 17.6 Å². The molecule has 0 saturated heterocycles. The number of ether oxygens (including phenoxy) is 1. The summed E-state index contributed by atoms with van der Waals surface area (Å²) in [6.07, 6.45) is 0. The maximum absolute atomic E-state index is 12.4. The van der Waals surface area contributed by atoms with E-state index in [9.17, 15) is 9.59 Å². The minimum atomic E-state index is -0.156. The van der Waals surface area contributed by atoms with Crippen LogP contribution in [0.1, 0.15) is 34.6 Å². The summed E-state index contributed by atoms with van der Waals surface area (Å²) >= 11 is 0. The Labute approximate surface area is 144 Å². The predicted molar refractivity (Wildman–Crippen MR) is 96.3 cm³/mol. The van der Waals surface area contributed by atoms with E-state index in [4.69, 9.17) is 4.74 Å². The molecule has 0 aliphatic rings. The Balaban J connectivity index is 2.59. The molecule has 0 fully saturated rings. The lowest BCUT2D eigenvalue weighted by Gasteiger charge is -2.30. The van der Waals surface area contributed by atoms with Crippen LogP contribution in [0.15, 0.2) is 24.3 Å². The fourth-order valence-electron chi connectivity index (χ4n) is 2.20. The van der Waals surface area contributed by atoms with Crippen LogP contribution in [-0.2, 0) is 4.79 Å². The molecule has 3 amide bonds. The summed E-state index contributed by atoms with van der Waals surface area (Å²) in [5.41, 5.74) is 0.694. The molecule has 1 rings (SSSR count). The van der Waals surface area contributed by atoms with Gasteiger partial charge >= 0.3 is 6.03 Å². The van der Waals surface area contributed by atoms with Crippen LogP contribution in [0.2, 0.25) is 0 Å². The zero-order valence-electron chi connectivity index (χ0n) is 15.3. The molecule has 0 spiro atoms. The van der Waals surface area contributed by atoms with Gasteiger partial charge in [-0.15, -0.1) is 0 Å². The lowest BCUT2D eigenvalue weighted by Crippen LogP contribution is -2.43. The lowest BCUT2D eigenvalue weighted by atomic mass is 10.1. The Bertz CT molecular complexity index is 529. The second kappa shape index (κ2) is 9.80. The van der Waals surface area contributed by atoms with Crippen molar-refractivity contribution < 1.29 is 14.3 Å². The van der Waals surface area contributed by atoms with Crippen molar-refractivity contribution in [1.29, 1.82) is 0 Å². The van der Waals surface area contributed by atoms with E-state index >= 15 is 0 Å². The van der Waals surface area contributed by atoms with Crippen LogP contribution < -0.4 is 15.4 Å². The molecular formula is C18H29N3O3. The first-order chi connectivity index (χ1) is 11.4. The standard InChI is InChI=1S/C18H29N3O3/c1-6-19-17(22)12-24-16-10-8-15(9-11-16)20-18(23)21(7-2)14(5)13(3)4/h8-11,13-14H,6-7,12H2,1-5H3,(H,19,22)(H,20,23)/t14-/m0/s1. The number of benzene rings is 1. The van der Waals surface area contributed by atoms with Crippen LogP contribution in [0, 0.1) is 5.92 Å². The minimum Gasteiger partial charge on any atom is -0.484 e. The smallest absolute Gasteiger partial charge is 0.322 e. The van der Waals surface area contributed by atoms with Crippen LogP contribution in [0.5, 0.6) is 5.75 Å². The van der Waals surface area contributed by atoms with Gasteiger partial charge in [0.25, 0.3) is 5.91 Å². The summed E-state index contributed by atoms with van der Waals surface area (Å²) in [6, 6.07) is 7.04. The van der Waals surface area contributed by atoms with Crippen molar-refractivity contribution in [2.45, 2.75) is 40.7 Å². The Morgan fingerprint density at radius 3 is 2.25 bits per heavy atom. The number of nitrogens with zero attached hydrogens (tertiary/aromatic N) is 1. The van der Waals surface area contributed by atoms with E-state index < -0.39 is 0 Å². The Kier molecular flexibility index (Phi) is 8.09. The first-order valence-corrected chi connectivity index (χ1v) is 8.46. The minimum absolute atomic E-state index is 0.0188. The van der Waals surface area contributed by atoms with E-state index in [1.54, 1.807) is 24.3 Å². The van der Waals surface area contributed by atoms with E-state index in [1.807, 2.05) is 25.7 Å². The molecule has 0 unspecified atom stereocenters. The molecule has 2 N–H and O–H groups in total. The van der Waals surface area contributed by atoms with Crippen LogP contribution in [0.4, 0.5) is 10.5 Å². The summed E-state index contributed by atoms with van der Waals surface area (Å²) in [7, 11) is 0. The molecule has 6 heteroatoms. The Hall–Kier alpha value is -2.24. The molecule has 6 nitrogen and oxygen atoms in total. The molecule has 1 atom stereocenters. The van der Waals surface area contributed by atoms with Crippen LogP contribution in [-0.4, -0.2) is 42.6 Å². The number of nitrogens with one attached hydrogen (secondary N) is 2. The number of carbonyl (C=O) groups is 2. The van der Waals surface area contributed by atoms with Crippen molar-refractivity contribution in [2.24, 2.45) is 5.92 Å². The fraction of sp³-hybridized carbons (Fsp3) is 0.556. The van der Waals surface area contributed by atoms with Gasteiger partial charge < -0.3 is 20.3 Å². The van der Waals surface area contributed by atoms with E-state index in [1.165, 1.54) is 0 Å². The second-order valence-electron chi connectivity index (χ2n) is 5.97. The van der Waals surface area contributed by atoms with Crippen LogP contribution in [0.3, 0.4) is 0 Å². The molecule has 1 aromatic rings. The van der Waals surface area contributed by atoms with Crippen molar-refractivity contribution in [3.8, 4) is 5.75 Å². The highest BCUT2D eigenvalue weighted by molar-refractivity contribution is 5.89. The summed E-state index contributed by atoms with van der Waals surface area (Å²) in [4.78, 5) is 25.6. The highest BCUT2D eigenvalue weighted by Crippen LogP contribution is 2.17. The number of rotatable bonds is 8. The molecule has 0 aliphatic carbocycles. The third kappa shape index (κ3) is 6.10. The SMILES string of the molecule is CCNC(=O)COc1ccc(NC(=O)N(CC)[C@@H](C)C(C)C)cc1. The zero-order chi connectivity index (χ0) is 18.1. The van der Waals surface area contributed by atoms with Gasteiger partial charge in [-0.2, -0.15) is 0 Å². The number of amides is 3. The van der Waals surface area contributed by atoms with E-state index in [-0.39, 0.29) is 24.6 Å². The van der Waals surface area contributed by atoms with Crippen LogP contribution >= 0.6 is 0 Å². The maximum Gasteiger partial charge on any atom is 0.322 e. The molecule has 0 aliphatic heterocycles. The molecule has 0 radical (unpaired) electrons. The average Bonchev–Trinajstić information content (AvgIpc) is 2.55. The number of anilines is 1. The predicted octanol–water partition coefficient (Wildman–Crippen LogP) is 3.10. The number of urea groups is 1. The molecule has 0 bridgehead atoms. The van der Waals surface area contributed by atoms with Gasteiger partial charge in [0.1, 0.15) is 5.75 Å². The number of likely N-dealkylation sites (N-methyl/N-ethyl adjacent to an activating group) is 1. The number of carbonyl (C=O) groups excluding carboxylic acids is 2. The normalized spacial score (nSPS) is 11.8. The van der Waals surface area contributed by atoms with Crippen molar-refractivity contribution in [1.82, 2.24) is 10.2 Å². The van der Waals surface area contributed by atoms with Gasteiger partial charge in [0.15, 0.2) is 6.61 Å². The molecule has 0 saturated carbocycles.